The van der Waals surface area contributed by atoms with E-state index in [9.17, 15) is 0 Å². The molecule has 0 saturated carbocycles. The van der Waals surface area contributed by atoms with Gasteiger partial charge in [0.05, 0.1) is 19.8 Å². The van der Waals surface area contributed by atoms with Crippen molar-refractivity contribution in [3.63, 3.8) is 0 Å². The third-order valence-corrected chi connectivity index (χ3v) is 2.35. The fraction of sp³-hybridized carbons (Fsp3) is 0.833. The van der Waals surface area contributed by atoms with Crippen molar-refractivity contribution in [1.82, 2.24) is 10.6 Å². The molecule has 4 heteroatoms. The monoisotopic (exact) mass is 228 g/mol. The van der Waals surface area contributed by atoms with Crippen molar-refractivity contribution < 1.29 is 9.47 Å². The molecule has 1 rings (SSSR count). The standard InChI is InChI=1S/C12H24N2O2/c1-2-5-13-7-8-14-6-4-10-16-12-11-15-9-3-1/h1-2,13-14H,3-12H2. The molecule has 0 aliphatic carbocycles. The van der Waals surface area contributed by atoms with Crippen LogP contribution < -0.4 is 10.6 Å². The van der Waals surface area contributed by atoms with E-state index in [-0.39, 0.29) is 0 Å². The van der Waals surface area contributed by atoms with Gasteiger partial charge in [-0.05, 0) is 19.4 Å². The molecule has 1 aliphatic rings. The highest BCUT2D eigenvalue weighted by molar-refractivity contribution is 4.83. The zero-order valence-electron chi connectivity index (χ0n) is 10.0. The van der Waals surface area contributed by atoms with Crippen LogP contribution in [0.25, 0.3) is 0 Å². The largest absolute Gasteiger partial charge is 0.379 e. The molecular formula is C12H24N2O2. The Morgan fingerprint density at radius 3 is 2.50 bits per heavy atom. The molecule has 0 bridgehead atoms. The summed E-state index contributed by atoms with van der Waals surface area (Å²) in [6.45, 7) is 7.05. The summed E-state index contributed by atoms with van der Waals surface area (Å²) in [4.78, 5) is 0. The Kier molecular flexibility index (Phi) is 9.45. The Labute approximate surface area is 98.4 Å². The first kappa shape index (κ1) is 13.6. The van der Waals surface area contributed by atoms with Crippen LogP contribution in [-0.2, 0) is 9.47 Å². The lowest BCUT2D eigenvalue weighted by Gasteiger charge is -2.07. The SMILES string of the molecule is C1=CCNCCNCCCOCCOCC1. The van der Waals surface area contributed by atoms with E-state index in [1.165, 1.54) is 0 Å². The van der Waals surface area contributed by atoms with Crippen LogP contribution in [0.15, 0.2) is 12.2 Å². The van der Waals surface area contributed by atoms with Gasteiger partial charge in [0.25, 0.3) is 0 Å². The molecule has 2 N–H and O–H groups in total. The molecule has 4 nitrogen and oxygen atoms in total. The van der Waals surface area contributed by atoms with Crippen LogP contribution in [0.3, 0.4) is 0 Å². The smallest absolute Gasteiger partial charge is 0.0700 e. The molecule has 16 heavy (non-hydrogen) atoms. The molecule has 0 aromatic carbocycles. The third kappa shape index (κ3) is 8.85. The van der Waals surface area contributed by atoms with Crippen molar-refractivity contribution in [3.05, 3.63) is 12.2 Å². The van der Waals surface area contributed by atoms with Gasteiger partial charge in [-0.25, -0.2) is 0 Å². The second-order valence-corrected chi connectivity index (χ2v) is 3.79. The summed E-state index contributed by atoms with van der Waals surface area (Å²) in [6, 6.07) is 0. The molecule has 1 aliphatic heterocycles. The highest BCUT2D eigenvalue weighted by Gasteiger charge is 1.92. The zero-order valence-corrected chi connectivity index (χ0v) is 10.0. The van der Waals surface area contributed by atoms with Crippen molar-refractivity contribution in [2.24, 2.45) is 0 Å². The lowest BCUT2D eigenvalue weighted by atomic mass is 10.4. The maximum Gasteiger partial charge on any atom is 0.0700 e. The first-order valence-electron chi connectivity index (χ1n) is 6.22. The molecule has 0 aromatic rings. The van der Waals surface area contributed by atoms with E-state index in [4.69, 9.17) is 9.47 Å². The Bertz CT molecular complexity index is 156. The number of nitrogens with one attached hydrogen (secondary N) is 2. The lowest BCUT2D eigenvalue weighted by molar-refractivity contribution is 0.0486. The van der Waals surface area contributed by atoms with Crippen LogP contribution in [0, 0.1) is 0 Å². The molecule has 0 spiro atoms. The normalized spacial score (nSPS) is 23.0. The van der Waals surface area contributed by atoms with Gasteiger partial charge in [0.2, 0.25) is 0 Å². The molecule has 0 saturated heterocycles. The highest BCUT2D eigenvalue weighted by atomic mass is 16.5. The first-order valence-corrected chi connectivity index (χ1v) is 6.22. The van der Waals surface area contributed by atoms with Crippen LogP contribution in [-0.4, -0.2) is 52.6 Å². The van der Waals surface area contributed by atoms with E-state index >= 15 is 0 Å². The summed E-state index contributed by atoms with van der Waals surface area (Å²) in [6.07, 6.45) is 6.37. The van der Waals surface area contributed by atoms with Crippen molar-refractivity contribution in [1.29, 1.82) is 0 Å². The van der Waals surface area contributed by atoms with E-state index in [0.29, 0.717) is 13.2 Å². The van der Waals surface area contributed by atoms with Crippen LogP contribution in [0.1, 0.15) is 12.8 Å². The van der Waals surface area contributed by atoms with E-state index in [0.717, 1.165) is 52.2 Å². The predicted octanol–water partition coefficient (Wildman–Crippen LogP) is 0.549. The number of ether oxygens (including phenoxy) is 2. The van der Waals surface area contributed by atoms with Crippen LogP contribution in [0.4, 0.5) is 0 Å². The minimum absolute atomic E-state index is 0.708. The Morgan fingerprint density at radius 2 is 1.56 bits per heavy atom. The second-order valence-electron chi connectivity index (χ2n) is 3.79. The molecule has 94 valence electrons. The van der Waals surface area contributed by atoms with Gasteiger partial charge in [-0.3, -0.25) is 0 Å². The van der Waals surface area contributed by atoms with Gasteiger partial charge in [-0.1, -0.05) is 12.2 Å². The maximum atomic E-state index is 5.44. The van der Waals surface area contributed by atoms with Crippen molar-refractivity contribution >= 4 is 0 Å². The topological polar surface area (TPSA) is 42.5 Å². The second kappa shape index (κ2) is 11.1. The van der Waals surface area contributed by atoms with Crippen LogP contribution in [0.2, 0.25) is 0 Å². The van der Waals surface area contributed by atoms with Gasteiger partial charge in [0.1, 0.15) is 0 Å². The zero-order chi connectivity index (χ0) is 11.3. The summed E-state index contributed by atoms with van der Waals surface area (Å²) in [5.74, 6) is 0. The fourth-order valence-electron chi connectivity index (χ4n) is 1.46. The predicted molar refractivity (Wildman–Crippen MR) is 65.8 cm³/mol. The lowest BCUT2D eigenvalue weighted by Crippen LogP contribution is -2.28. The molecule has 0 atom stereocenters. The van der Waals surface area contributed by atoms with Crippen molar-refractivity contribution in [2.45, 2.75) is 12.8 Å². The summed E-state index contributed by atoms with van der Waals surface area (Å²) < 4.78 is 10.9. The Balaban J connectivity index is 2.07. The Hall–Kier alpha value is -0.420. The highest BCUT2D eigenvalue weighted by Crippen LogP contribution is 1.87. The molecule has 0 fully saturated rings. The van der Waals surface area contributed by atoms with Crippen LogP contribution in [0.5, 0.6) is 0 Å². The van der Waals surface area contributed by atoms with E-state index < -0.39 is 0 Å². The fourth-order valence-corrected chi connectivity index (χ4v) is 1.46. The summed E-state index contributed by atoms with van der Waals surface area (Å²) in [7, 11) is 0. The number of rotatable bonds is 0. The van der Waals surface area contributed by atoms with E-state index in [1.54, 1.807) is 0 Å². The number of hydrogen-bond donors (Lipinski definition) is 2. The maximum absolute atomic E-state index is 5.44. The molecule has 0 aromatic heterocycles. The average molecular weight is 228 g/mol. The van der Waals surface area contributed by atoms with E-state index in [1.807, 2.05) is 0 Å². The first-order chi connectivity index (χ1) is 8.00. The minimum atomic E-state index is 0.708. The third-order valence-electron chi connectivity index (χ3n) is 2.35. The van der Waals surface area contributed by atoms with Gasteiger partial charge in [-0.15, -0.1) is 0 Å². The van der Waals surface area contributed by atoms with Gasteiger partial charge < -0.3 is 20.1 Å². The number of hydrogen-bond acceptors (Lipinski definition) is 4. The van der Waals surface area contributed by atoms with Crippen molar-refractivity contribution in [3.8, 4) is 0 Å². The Morgan fingerprint density at radius 1 is 0.750 bits per heavy atom. The quantitative estimate of drug-likeness (QED) is 0.594. The average Bonchev–Trinajstić information content (AvgIpc) is 2.29. The van der Waals surface area contributed by atoms with Crippen molar-refractivity contribution in [2.75, 3.05) is 52.6 Å². The summed E-state index contributed by atoms with van der Waals surface area (Å²) in [5, 5.41) is 6.72. The van der Waals surface area contributed by atoms with Crippen LogP contribution >= 0.6 is 0 Å². The minimum Gasteiger partial charge on any atom is -0.379 e. The molecule has 0 amide bonds. The summed E-state index contributed by atoms with van der Waals surface area (Å²) >= 11 is 0. The molecule has 0 radical (unpaired) electrons. The van der Waals surface area contributed by atoms with Gasteiger partial charge in [0, 0.05) is 26.2 Å². The summed E-state index contributed by atoms with van der Waals surface area (Å²) in [5.41, 5.74) is 0. The van der Waals surface area contributed by atoms with Gasteiger partial charge >= 0.3 is 0 Å². The molecule has 1 heterocycles. The molecule has 0 unspecified atom stereocenters. The van der Waals surface area contributed by atoms with E-state index in [2.05, 4.69) is 22.8 Å². The van der Waals surface area contributed by atoms with Gasteiger partial charge in [0.15, 0.2) is 0 Å². The molecular weight excluding hydrogens is 204 g/mol. The van der Waals surface area contributed by atoms with Gasteiger partial charge in [-0.2, -0.15) is 0 Å².